The van der Waals surface area contributed by atoms with Gasteiger partial charge in [-0.05, 0) is 34.9 Å². The van der Waals surface area contributed by atoms with Gasteiger partial charge in [-0.1, -0.05) is 66.5 Å². The minimum Gasteiger partial charge on any atom is -0.482 e. The first-order chi connectivity index (χ1) is 20.2. The van der Waals surface area contributed by atoms with Crippen LogP contribution < -0.4 is 15.0 Å². The molecule has 0 aromatic heterocycles. The van der Waals surface area contributed by atoms with Gasteiger partial charge in [-0.2, -0.15) is 0 Å². The van der Waals surface area contributed by atoms with Crippen LogP contribution in [-0.2, 0) is 19.1 Å². The summed E-state index contributed by atoms with van der Waals surface area (Å²) in [6.07, 6.45) is 0.0256. The van der Waals surface area contributed by atoms with E-state index >= 15 is 0 Å². The third-order valence-corrected chi connectivity index (χ3v) is 8.12. The monoisotopic (exact) mass is 610 g/mol. The molecular weight excluding hydrogens is 579 g/mol. The standard InChI is InChI=1S/C31H32Cl2N4O5/c1-3-28(38)34-23-6-4-5-22(15-23)20-7-9-21(10-8-20)31(36-11-13-41-14-12-36)35(2)29(39)18-37-26-16-24(32)25(33)17-27(26)42-19-30(37)40/h4-10,15-17,31H,3,11-14,18-19H2,1-2H3,(H,34,38). The van der Waals surface area contributed by atoms with E-state index < -0.39 is 0 Å². The summed E-state index contributed by atoms with van der Waals surface area (Å²) >= 11 is 12.4. The predicted molar refractivity (Wildman–Crippen MR) is 163 cm³/mol. The third kappa shape index (κ3) is 6.55. The van der Waals surface area contributed by atoms with Crippen molar-refractivity contribution in [1.82, 2.24) is 9.80 Å². The molecule has 0 aliphatic carbocycles. The first kappa shape index (κ1) is 29.8. The molecule has 0 spiro atoms. The molecule has 220 valence electrons. The zero-order valence-electron chi connectivity index (χ0n) is 23.4. The highest BCUT2D eigenvalue weighted by atomic mass is 35.5. The maximum Gasteiger partial charge on any atom is 0.265 e. The van der Waals surface area contributed by atoms with E-state index in [1.54, 1.807) is 24.1 Å². The molecule has 0 bridgehead atoms. The molecule has 1 saturated heterocycles. The topological polar surface area (TPSA) is 91.4 Å². The Morgan fingerprint density at radius 3 is 2.43 bits per heavy atom. The summed E-state index contributed by atoms with van der Waals surface area (Å²) in [5.41, 5.74) is 4.02. The predicted octanol–water partition coefficient (Wildman–Crippen LogP) is 5.22. The number of carbonyl (C=O) groups is 3. The van der Waals surface area contributed by atoms with Crippen LogP contribution in [0.2, 0.25) is 10.0 Å². The van der Waals surface area contributed by atoms with Crippen molar-refractivity contribution in [3.8, 4) is 16.9 Å². The van der Waals surface area contributed by atoms with Crippen LogP contribution >= 0.6 is 23.2 Å². The van der Waals surface area contributed by atoms with Crippen molar-refractivity contribution < 1.29 is 23.9 Å². The Balaban J connectivity index is 1.39. The molecule has 2 heterocycles. The fourth-order valence-corrected chi connectivity index (χ4v) is 5.44. The largest absolute Gasteiger partial charge is 0.482 e. The van der Waals surface area contributed by atoms with Gasteiger partial charge in [-0.15, -0.1) is 0 Å². The summed E-state index contributed by atoms with van der Waals surface area (Å²) < 4.78 is 11.1. The molecular formula is C31H32Cl2N4O5. The van der Waals surface area contributed by atoms with E-state index in [2.05, 4.69) is 10.2 Å². The van der Waals surface area contributed by atoms with Gasteiger partial charge in [0.15, 0.2) is 6.61 Å². The second kappa shape index (κ2) is 13.1. The Morgan fingerprint density at radius 1 is 1.00 bits per heavy atom. The lowest BCUT2D eigenvalue weighted by molar-refractivity contribution is -0.138. The molecule has 5 rings (SSSR count). The Hall–Kier alpha value is -3.63. The van der Waals surface area contributed by atoms with Crippen LogP contribution in [0.4, 0.5) is 11.4 Å². The number of amides is 3. The highest BCUT2D eigenvalue weighted by Crippen LogP contribution is 2.39. The fraction of sp³-hybridized carbons (Fsp3) is 0.323. The van der Waals surface area contributed by atoms with Crippen LogP contribution in [0.25, 0.3) is 11.1 Å². The van der Waals surface area contributed by atoms with Crippen LogP contribution in [0.3, 0.4) is 0 Å². The van der Waals surface area contributed by atoms with E-state index in [9.17, 15) is 14.4 Å². The van der Waals surface area contributed by atoms with Crippen molar-refractivity contribution in [3.63, 3.8) is 0 Å². The quantitative estimate of drug-likeness (QED) is 0.376. The molecule has 3 aromatic rings. The number of hydrogen-bond acceptors (Lipinski definition) is 6. The highest BCUT2D eigenvalue weighted by Gasteiger charge is 2.33. The van der Waals surface area contributed by atoms with E-state index in [1.165, 1.54) is 4.90 Å². The van der Waals surface area contributed by atoms with Crippen LogP contribution in [0.5, 0.6) is 5.75 Å². The van der Waals surface area contributed by atoms with Gasteiger partial charge in [0.1, 0.15) is 18.5 Å². The molecule has 2 aliphatic heterocycles. The minimum absolute atomic E-state index is 0.0438. The number of fused-ring (bicyclic) bond motifs is 1. The van der Waals surface area contributed by atoms with Crippen molar-refractivity contribution in [2.75, 3.05) is 56.7 Å². The third-order valence-electron chi connectivity index (χ3n) is 7.40. The first-order valence-electron chi connectivity index (χ1n) is 13.7. The molecule has 3 aromatic carbocycles. The van der Waals surface area contributed by atoms with Gasteiger partial charge in [0.2, 0.25) is 11.8 Å². The second-order valence-electron chi connectivity index (χ2n) is 10.1. The van der Waals surface area contributed by atoms with Crippen LogP contribution in [0.15, 0.2) is 60.7 Å². The normalized spacial score (nSPS) is 15.9. The van der Waals surface area contributed by atoms with Crippen LogP contribution in [-0.4, -0.2) is 74.0 Å². The summed E-state index contributed by atoms with van der Waals surface area (Å²) in [7, 11) is 1.75. The van der Waals surface area contributed by atoms with Gasteiger partial charge in [0.05, 0.1) is 28.9 Å². The Kier molecular flexibility index (Phi) is 9.33. The van der Waals surface area contributed by atoms with Crippen molar-refractivity contribution >= 4 is 52.3 Å². The zero-order valence-corrected chi connectivity index (χ0v) is 25.0. The SMILES string of the molecule is CCC(=O)Nc1cccc(-c2ccc(C(N3CCOCC3)N(C)C(=O)CN3C(=O)COc4cc(Cl)c(Cl)cc43)cc2)c1. The molecule has 0 radical (unpaired) electrons. The molecule has 2 aliphatic rings. The average molecular weight is 612 g/mol. The van der Waals surface area contributed by atoms with Gasteiger partial charge < -0.3 is 19.7 Å². The molecule has 0 saturated carbocycles. The number of halogens is 2. The van der Waals surface area contributed by atoms with E-state index in [4.69, 9.17) is 32.7 Å². The van der Waals surface area contributed by atoms with Crippen molar-refractivity contribution in [1.29, 1.82) is 0 Å². The minimum atomic E-state index is -0.380. The smallest absolute Gasteiger partial charge is 0.265 e. The lowest BCUT2D eigenvalue weighted by Crippen LogP contribution is -2.51. The van der Waals surface area contributed by atoms with E-state index in [0.29, 0.717) is 49.2 Å². The van der Waals surface area contributed by atoms with Gasteiger partial charge in [-0.25, -0.2) is 0 Å². The molecule has 11 heteroatoms. The van der Waals surface area contributed by atoms with Crippen LogP contribution in [0.1, 0.15) is 25.1 Å². The van der Waals surface area contributed by atoms with Gasteiger partial charge in [0, 0.05) is 38.3 Å². The number of rotatable bonds is 8. The molecule has 1 atom stereocenters. The van der Waals surface area contributed by atoms with Gasteiger partial charge in [0.25, 0.3) is 5.91 Å². The summed E-state index contributed by atoms with van der Waals surface area (Å²) in [6, 6.07) is 18.8. The number of nitrogens with zero attached hydrogens (tertiary/aromatic N) is 3. The Morgan fingerprint density at radius 2 is 1.71 bits per heavy atom. The first-order valence-corrected chi connectivity index (χ1v) is 14.5. The fourth-order valence-electron chi connectivity index (χ4n) is 5.13. The van der Waals surface area contributed by atoms with Gasteiger partial charge >= 0.3 is 0 Å². The number of likely N-dealkylation sites (N-methyl/N-ethyl adjacent to an activating group) is 1. The molecule has 42 heavy (non-hydrogen) atoms. The van der Waals surface area contributed by atoms with E-state index in [0.717, 1.165) is 22.4 Å². The second-order valence-corrected chi connectivity index (χ2v) is 10.9. The molecule has 1 N–H and O–H groups in total. The maximum atomic E-state index is 13.8. The molecule has 1 fully saturated rings. The summed E-state index contributed by atoms with van der Waals surface area (Å²) in [6.45, 7) is 3.85. The zero-order chi connectivity index (χ0) is 29.8. The summed E-state index contributed by atoms with van der Waals surface area (Å²) in [5, 5.41) is 3.47. The highest BCUT2D eigenvalue weighted by molar-refractivity contribution is 6.42. The van der Waals surface area contributed by atoms with Gasteiger partial charge in [-0.3, -0.25) is 24.2 Å². The van der Waals surface area contributed by atoms with Crippen LogP contribution in [0, 0.1) is 0 Å². The summed E-state index contributed by atoms with van der Waals surface area (Å²) in [5.74, 6) is -0.231. The Labute approximate surface area is 254 Å². The van der Waals surface area contributed by atoms with Crippen molar-refractivity contribution in [2.24, 2.45) is 0 Å². The number of nitrogens with one attached hydrogen (secondary N) is 1. The number of carbonyl (C=O) groups excluding carboxylic acids is 3. The lowest BCUT2D eigenvalue weighted by atomic mass is 10.0. The molecule has 9 nitrogen and oxygen atoms in total. The number of ether oxygens (including phenoxy) is 2. The Bertz CT molecular complexity index is 1480. The maximum absolute atomic E-state index is 13.8. The average Bonchev–Trinajstić information content (AvgIpc) is 3.00. The molecule has 3 amide bonds. The molecule has 1 unspecified atom stereocenters. The number of benzene rings is 3. The lowest BCUT2D eigenvalue weighted by Gasteiger charge is -2.41. The number of anilines is 2. The number of morpholine rings is 1. The van der Waals surface area contributed by atoms with E-state index in [-0.39, 0.29) is 42.1 Å². The van der Waals surface area contributed by atoms with Crippen molar-refractivity contribution in [3.05, 3.63) is 76.3 Å². The van der Waals surface area contributed by atoms with Crippen molar-refractivity contribution in [2.45, 2.75) is 19.5 Å². The summed E-state index contributed by atoms with van der Waals surface area (Å²) in [4.78, 5) is 43.7. The van der Waals surface area contributed by atoms with E-state index in [1.807, 2.05) is 55.5 Å². The number of hydrogen-bond donors (Lipinski definition) is 1.